The van der Waals surface area contributed by atoms with E-state index >= 15 is 0 Å². The Morgan fingerprint density at radius 3 is 2.71 bits per heavy atom. The number of carbonyl (C=O) groups is 1. The number of nitrogens with zero attached hydrogens (tertiary/aromatic N) is 4. The zero-order valence-corrected chi connectivity index (χ0v) is 14.7. The average molecular weight is 388 g/mol. The van der Waals surface area contributed by atoms with Gasteiger partial charge in [0.2, 0.25) is 6.10 Å². The van der Waals surface area contributed by atoms with Crippen LogP contribution < -0.4 is 9.64 Å². The van der Waals surface area contributed by atoms with Crippen molar-refractivity contribution in [2.24, 2.45) is 0 Å². The molecule has 1 unspecified atom stereocenters. The number of anilines is 1. The molecule has 0 saturated heterocycles. The molecule has 0 aliphatic carbocycles. The summed E-state index contributed by atoms with van der Waals surface area (Å²) >= 11 is 0. The van der Waals surface area contributed by atoms with Crippen LogP contribution in [0, 0.1) is 6.92 Å². The zero-order chi connectivity index (χ0) is 19.9. The summed E-state index contributed by atoms with van der Waals surface area (Å²) in [7, 11) is 0. The Balaban J connectivity index is 1.75. The lowest BCUT2D eigenvalue weighted by Gasteiger charge is -2.36. The molecule has 9 heteroatoms. The third kappa shape index (κ3) is 3.19. The van der Waals surface area contributed by atoms with Gasteiger partial charge in [-0.1, -0.05) is 18.2 Å². The van der Waals surface area contributed by atoms with E-state index in [1.54, 1.807) is 49.4 Å². The maximum absolute atomic E-state index is 13.4. The molecule has 1 amide bonds. The van der Waals surface area contributed by atoms with Crippen molar-refractivity contribution in [3.63, 3.8) is 0 Å². The van der Waals surface area contributed by atoms with Crippen LogP contribution in [0.25, 0.3) is 5.69 Å². The summed E-state index contributed by atoms with van der Waals surface area (Å²) in [5, 5.41) is 4.00. The van der Waals surface area contributed by atoms with Crippen molar-refractivity contribution in [3.05, 3.63) is 66.2 Å². The minimum Gasteiger partial charge on any atom is -0.477 e. The lowest BCUT2D eigenvalue weighted by atomic mass is 10.1. The Labute approximate surface area is 158 Å². The summed E-state index contributed by atoms with van der Waals surface area (Å²) in [6.45, 7) is 1.03. The summed E-state index contributed by atoms with van der Waals surface area (Å²) in [5.41, 5.74) is 1.66. The Hall–Kier alpha value is -3.36. The number of hydrogen-bond acceptors (Lipinski definition) is 4. The standard InChI is InChI=1S/C19H15F3N4O2/c1-12-4-2-7-15-17(12)28-16(19(20,21)22)9-25(15)18(27)13-5-3-6-14(8-13)26-11-23-10-24-26/h2-8,10-11,16H,9H2,1H3. The third-order valence-corrected chi connectivity index (χ3v) is 4.48. The van der Waals surface area contributed by atoms with E-state index in [2.05, 4.69) is 10.1 Å². The lowest BCUT2D eigenvalue weighted by molar-refractivity contribution is -0.193. The molecule has 144 valence electrons. The van der Waals surface area contributed by atoms with E-state index in [1.807, 2.05) is 0 Å². The molecular formula is C19H15F3N4O2. The molecule has 6 nitrogen and oxygen atoms in total. The van der Waals surface area contributed by atoms with Gasteiger partial charge in [0.15, 0.2) is 0 Å². The van der Waals surface area contributed by atoms with Gasteiger partial charge in [0.05, 0.1) is 17.9 Å². The first-order valence-electron chi connectivity index (χ1n) is 8.44. The van der Waals surface area contributed by atoms with Crippen molar-refractivity contribution in [1.29, 1.82) is 0 Å². The summed E-state index contributed by atoms with van der Waals surface area (Å²) in [5.74, 6) is -0.483. The fraction of sp³-hybridized carbons (Fsp3) is 0.211. The van der Waals surface area contributed by atoms with Crippen molar-refractivity contribution < 1.29 is 22.7 Å². The van der Waals surface area contributed by atoms with Crippen molar-refractivity contribution in [2.75, 3.05) is 11.4 Å². The van der Waals surface area contributed by atoms with E-state index in [1.165, 1.54) is 17.3 Å². The number of halogens is 3. The van der Waals surface area contributed by atoms with Crippen molar-refractivity contribution in [2.45, 2.75) is 19.2 Å². The van der Waals surface area contributed by atoms with Crippen LogP contribution in [0.4, 0.5) is 18.9 Å². The highest BCUT2D eigenvalue weighted by Crippen LogP contribution is 2.40. The van der Waals surface area contributed by atoms with Crippen LogP contribution in [0.15, 0.2) is 55.1 Å². The fourth-order valence-electron chi connectivity index (χ4n) is 3.09. The summed E-state index contributed by atoms with van der Waals surface area (Å²) in [6, 6.07) is 11.4. The topological polar surface area (TPSA) is 60.2 Å². The normalized spacial score (nSPS) is 16.4. The van der Waals surface area contributed by atoms with Gasteiger partial charge in [-0.05, 0) is 36.8 Å². The van der Waals surface area contributed by atoms with Crippen LogP contribution in [-0.4, -0.2) is 39.5 Å². The first-order chi connectivity index (χ1) is 13.3. The van der Waals surface area contributed by atoms with Crippen LogP contribution in [0.2, 0.25) is 0 Å². The molecule has 0 fully saturated rings. The minimum atomic E-state index is -4.60. The lowest BCUT2D eigenvalue weighted by Crippen LogP contribution is -2.50. The second-order valence-electron chi connectivity index (χ2n) is 6.38. The van der Waals surface area contributed by atoms with Crippen LogP contribution in [-0.2, 0) is 0 Å². The number of fused-ring (bicyclic) bond motifs is 1. The SMILES string of the molecule is Cc1cccc2c1OC(C(F)(F)F)CN2C(=O)c1cccc(-n2cncn2)c1. The molecule has 3 aromatic rings. The van der Waals surface area contributed by atoms with Crippen molar-refractivity contribution in [3.8, 4) is 11.4 Å². The zero-order valence-electron chi connectivity index (χ0n) is 14.7. The van der Waals surface area contributed by atoms with E-state index in [0.717, 1.165) is 4.90 Å². The van der Waals surface area contributed by atoms with Crippen LogP contribution in [0.5, 0.6) is 5.75 Å². The highest BCUT2D eigenvalue weighted by atomic mass is 19.4. The molecule has 0 bridgehead atoms. The molecule has 1 aromatic heterocycles. The van der Waals surface area contributed by atoms with Gasteiger partial charge in [-0.15, -0.1) is 0 Å². The summed E-state index contributed by atoms with van der Waals surface area (Å²) in [4.78, 5) is 18.1. The smallest absolute Gasteiger partial charge is 0.427 e. The van der Waals surface area contributed by atoms with Gasteiger partial charge in [-0.3, -0.25) is 4.79 Å². The summed E-state index contributed by atoms with van der Waals surface area (Å²) < 4.78 is 46.8. The number of aromatic nitrogens is 3. The second-order valence-corrected chi connectivity index (χ2v) is 6.38. The number of alkyl halides is 3. The molecule has 0 N–H and O–H groups in total. The molecule has 2 aromatic carbocycles. The van der Waals surface area contributed by atoms with E-state index in [9.17, 15) is 18.0 Å². The molecule has 0 saturated carbocycles. The quantitative estimate of drug-likeness (QED) is 0.674. The Bertz CT molecular complexity index is 1020. The number of aryl methyl sites for hydroxylation is 1. The summed E-state index contributed by atoms with van der Waals surface area (Å²) in [6.07, 6.45) is -3.87. The van der Waals surface area contributed by atoms with Gasteiger partial charge >= 0.3 is 6.18 Å². The predicted octanol–water partition coefficient (Wildman–Crippen LogP) is 3.55. The molecule has 1 atom stereocenters. The maximum atomic E-state index is 13.4. The van der Waals surface area contributed by atoms with Crippen LogP contribution in [0.1, 0.15) is 15.9 Å². The molecule has 0 spiro atoms. The van der Waals surface area contributed by atoms with Gasteiger partial charge in [-0.25, -0.2) is 9.67 Å². The van der Waals surface area contributed by atoms with Crippen LogP contribution in [0.3, 0.4) is 0 Å². The number of ether oxygens (including phenoxy) is 1. The number of benzene rings is 2. The van der Waals surface area contributed by atoms with E-state index in [-0.39, 0.29) is 11.3 Å². The van der Waals surface area contributed by atoms with Gasteiger partial charge in [0.1, 0.15) is 18.4 Å². The Morgan fingerprint density at radius 1 is 1.21 bits per heavy atom. The second kappa shape index (κ2) is 6.66. The third-order valence-electron chi connectivity index (χ3n) is 4.48. The van der Waals surface area contributed by atoms with Gasteiger partial charge in [0, 0.05) is 5.56 Å². The Kier molecular flexibility index (Phi) is 4.29. The fourth-order valence-corrected chi connectivity index (χ4v) is 3.09. The molecule has 1 aliphatic rings. The number of rotatable bonds is 2. The number of hydrogen-bond donors (Lipinski definition) is 0. The van der Waals surface area contributed by atoms with Gasteiger partial charge in [-0.2, -0.15) is 18.3 Å². The molecule has 4 rings (SSSR count). The Morgan fingerprint density at radius 2 is 2.00 bits per heavy atom. The first-order valence-corrected chi connectivity index (χ1v) is 8.44. The molecule has 1 aliphatic heterocycles. The highest BCUT2D eigenvalue weighted by molar-refractivity contribution is 6.07. The molecular weight excluding hydrogens is 373 g/mol. The van der Waals surface area contributed by atoms with Gasteiger partial charge < -0.3 is 9.64 Å². The van der Waals surface area contributed by atoms with E-state index in [0.29, 0.717) is 16.9 Å². The largest absolute Gasteiger partial charge is 0.477 e. The van der Waals surface area contributed by atoms with E-state index in [4.69, 9.17) is 4.74 Å². The number of carbonyl (C=O) groups excluding carboxylic acids is 1. The average Bonchev–Trinajstić information content (AvgIpc) is 3.21. The molecule has 0 radical (unpaired) electrons. The monoisotopic (exact) mass is 388 g/mol. The highest BCUT2D eigenvalue weighted by Gasteiger charge is 2.47. The van der Waals surface area contributed by atoms with Crippen LogP contribution >= 0.6 is 0 Å². The number of amides is 1. The maximum Gasteiger partial charge on any atom is 0.427 e. The van der Waals surface area contributed by atoms with Crippen molar-refractivity contribution in [1.82, 2.24) is 14.8 Å². The van der Waals surface area contributed by atoms with Gasteiger partial charge in [0.25, 0.3) is 5.91 Å². The first kappa shape index (κ1) is 18.0. The number of para-hydroxylation sites is 1. The van der Waals surface area contributed by atoms with Crippen molar-refractivity contribution >= 4 is 11.6 Å². The molecule has 2 heterocycles. The molecule has 28 heavy (non-hydrogen) atoms. The minimum absolute atomic E-state index is 0.0665. The predicted molar refractivity (Wildman–Crippen MR) is 94.7 cm³/mol. The van der Waals surface area contributed by atoms with E-state index < -0.39 is 24.7 Å².